The molecule has 0 bridgehead atoms. The zero-order valence-electron chi connectivity index (χ0n) is 8.45. The summed E-state index contributed by atoms with van der Waals surface area (Å²) in [5.41, 5.74) is 0. The SMILES string of the molecule is CCN(CC)C(C)C1CC1CO. The molecule has 1 fully saturated rings. The van der Waals surface area contributed by atoms with Crippen LogP contribution in [0.1, 0.15) is 27.2 Å². The van der Waals surface area contributed by atoms with Crippen LogP contribution in [-0.4, -0.2) is 35.7 Å². The van der Waals surface area contributed by atoms with Gasteiger partial charge in [0.25, 0.3) is 0 Å². The highest BCUT2D eigenvalue weighted by molar-refractivity contribution is 4.93. The molecule has 3 atom stereocenters. The average molecular weight is 171 g/mol. The van der Waals surface area contributed by atoms with Crippen LogP contribution in [-0.2, 0) is 0 Å². The van der Waals surface area contributed by atoms with E-state index in [4.69, 9.17) is 5.11 Å². The molecule has 0 aromatic heterocycles. The highest BCUT2D eigenvalue weighted by atomic mass is 16.3. The molecule has 1 rings (SSSR count). The Hall–Kier alpha value is -0.0800. The zero-order chi connectivity index (χ0) is 9.14. The Morgan fingerprint density at radius 1 is 1.42 bits per heavy atom. The van der Waals surface area contributed by atoms with Gasteiger partial charge in [0.1, 0.15) is 0 Å². The van der Waals surface area contributed by atoms with E-state index in [0.29, 0.717) is 18.6 Å². The fourth-order valence-corrected chi connectivity index (χ4v) is 2.14. The Labute approximate surface area is 75.6 Å². The van der Waals surface area contributed by atoms with E-state index in [0.717, 1.165) is 19.0 Å². The van der Waals surface area contributed by atoms with Gasteiger partial charge in [-0.3, -0.25) is 0 Å². The first-order chi connectivity index (χ1) is 5.74. The van der Waals surface area contributed by atoms with Crippen molar-refractivity contribution in [2.45, 2.75) is 33.2 Å². The molecule has 72 valence electrons. The summed E-state index contributed by atoms with van der Waals surface area (Å²) in [7, 11) is 0. The predicted molar refractivity (Wildman–Crippen MR) is 51.1 cm³/mol. The topological polar surface area (TPSA) is 23.5 Å². The van der Waals surface area contributed by atoms with Gasteiger partial charge in [-0.05, 0) is 38.3 Å². The Morgan fingerprint density at radius 3 is 2.33 bits per heavy atom. The van der Waals surface area contributed by atoms with Crippen LogP contribution in [0.4, 0.5) is 0 Å². The Morgan fingerprint density at radius 2 is 2.00 bits per heavy atom. The van der Waals surface area contributed by atoms with Gasteiger partial charge in [0, 0.05) is 12.6 Å². The highest BCUT2D eigenvalue weighted by Crippen LogP contribution is 2.42. The fourth-order valence-electron chi connectivity index (χ4n) is 2.14. The molecule has 0 saturated heterocycles. The van der Waals surface area contributed by atoms with Crippen molar-refractivity contribution in [3.63, 3.8) is 0 Å². The minimum absolute atomic E-state index is 0.385. The van der Waals surface area contributed by atoms with Crippen molar-refractivity contribution in [1.82, 2.24) is 4.90 Å². The maximum atomic E-state index is 8.93. The molecule has 2 heteroatoms. The quantitative estimate of drug-likeness (QED) is 0.675. The number of aliphatic hydroxyl groups excluding tert-OH is 1. The molecule has 2 nitrogen and oxygen atoms in total. The molecule has 0 aromatic carbocycles. The molecule has 0 heterocycles. The van der Waals surface area contributed by atoms with Crippen LogP contribution in [0.15, 0.2) is 0 Å². The van der Waals surface area contributed by atoms with Crippen LogP contribution in [0, 0.1) is 11.8 Å². The van der Waals surface area contributed by atoms with Crippen molar-refractivity contribution in [3.05, 3.63) is 0 Å². The van der Waals surface area contributed by atoms with E-state index in [-0.39, 0.29) is 0 Å². The van der Waals surface area contributed by atoms with Crippen LogP contribution in [0.3, 0.4) is 0 Å². The molecule has 0 aliphatic heterocycles. The van der Waals surface area contributed by atoms with Gasteiger partial charge < -0.3 is 10.0 Å². The molecule has 1 N–H and O–H groups in total. The van der Waals surface area contributed by atoms with Gasteiger partial charge in [0.05, 0.1) is 0 Å². The summed E-state index contributed by atoms with van der Waals surface area (Å²) in [6, 6.07) is 0.664. The van der Waals surface area contributed by atoms with E-state index in [1.807, 2.05) is 0 Å². The van der Waals surface area contributed by atoms with Crippen molar-refractivity contribution in [3.8, 4) is 0 Å². The van der Waals surface area contributed by atoms with Crippen molar-refractivity contribution in [2.75, 3.05) is 19.7 Å². The lowest BCUT2D eigenvalue weighted by atomic mass is 10.1. The average Bonchev–Trinajstić information content (AvgIpc) is 2.85. The van der Waals surface area contributed by atoms with Crippen molar-refractivity contribution in [2.24, 2.45) is 11.8 Å². The standard InChI is InChI=1S/C10H21NO/c1-4-11(5-2)8(3)10-6-9(10)7-12/h8-10,12H,4-7H2,1-3H3. The van der Waals surface area contributed by atoms with Gasteiger partial charge in [0.2, 0.25) is 0 Å². The maximum absolute atomic E-state index is 8.93. The summed E-state index contributed by atoms with van der Waals surface area (Å²) >= 11 is 0. The van der Waals surface area contributed by atoms with Crippen molar-refractivity contribution < 1.29 is 5.11 Å². The minimum atomic E-state index is 0.385. The molecule has 3 unspecified atom stereocenters. The largest absolute Gasteiger partial charge is 0.396 e. The monoisotopic (exact) mass is 171 g/mol. The second-order valence-electron chi connectivity index (χ2n) is 3.80. The Balaban J connectivity index is 2.32. The second kappa shape index (κ2) is 4.24. The molecule has 0 spiro atoms. The second-order valence-corrected chi connectivity index (χ2v) is 3.80. The van der Waals surface area contributed by atoms with Crippen molar-refractivity contribution >= 4 is 0 Å². The van der Waals surface area contributed by atoms with E-state index in [2.05, 4.69) is 25.7 Å². The van der Waals surface area contributed by atoms with Crippen molar-refractivity contribution in [1.29, 1.82) is 0 Å². The smallest absolute Gasteiger partial charge is 0.0462 e. The summed E-state index contributed by atoms with van der Waals surface area (Å²) in [6.45, 7) is 9.34. The predicted octanol–water partition coefficient (Wildman–Crippen LogP) is 1.35. The van der Waals surface area contributed by atoms with Crippen LogP contribution in [0.2, 0.25) is 0 Å². The van der Waals surface area contributed by atoms with E-state index in [1.54, 1.807) is 0 Å². The van der Waals surface area contributed by atoms with Gasteiger partial charge in [-0.25, -0.2) is 0 Å². The van der Waals surface area contributed by atoms with Gasteiger partial charge >= 0.3 is 0 Å². The minimum Gasteiger partial charge on any atom is -0.396 e. The lowest BCUT2D eigenvalue weighted by Gasteiger charge is -2.26. The third-order valence-electron chi connectivity index (χ3n) is 3.22. The Kier molecular flexibility index (Phi) is 3.53. The summed E-state index contributed by atoms with van der Waals surface area (Å²) in [5, 5.41) is 8.93. The lowest BCUT2D eigenvalue weighted by molar-refractivity contribution is 0.189. The molecule has 12 heavy (non-hydrogen) atoms. The normalized spacial score (nSPS) is 30.8. The summed E-state index contributed by atoms with van der Waals surface area (Å²) in [6.07, 6.45) is 1.23. The number of hydrogen-bond donors (Lipinski definition) is 1. The fraction of sp³-hybridized carbons (Fsp3) is 1.00. The number of aliphatic hydroxyl groups is 1. The first-order valence-electron chi connectivity index (χ1n) is 5.09. The van der Waals surface area contributed by atoms with E-state index >= 15 is 0 Å². The third-order valence-corrected chi connectivity index (χ3v) is 3.22. The molecule has 0 radical (unpaired) electrons. The number of hydrogen-bond acceptors (Lipinski definition) is 2. The van der Waals surface area contributed by atoms with Gasteiger partial charge in [-0.2, -0.15) is 0 Å². The summed E-state index contributed by atoms with van der Waals surface area (Å²) in [5.74, 6) is 1.36. The summed E-state index contributed by atoms with van der Waals surface area (Å²) in [4.78, 5) is 2.47. The Bertz CT molecular complexity index is 134. The number of rotatable bonds is 5. The van der Waals surface area contributed by atoms with Gasteiger partial charge in [-0.1, -0.05) is 13.8 Å². The van der Waals surface area contributed by atoms with Gasteiger partial charge in [-0.15, -0.1) is 0 Å². The molecular formula is C10H21NO. The van der Waals surface area contributed by atoms with Crippen LogP contribution in [0.25, 0.3) is 0 Å². The molecule has 1 saturated carbocycles. The summed E-state index contributed by atoms with van der Waals surface area (Å²) < 4.78 is 0. The zero-order valence-corrected chi connectivity index (χ0v) is 8.45. The third kappa shape index (κ3) is 1.99. The molecule has 0 amide bonds. The van der Waals surface area contributed by atoms with E-state index in [1.165, 1.54) is 6.42 Å². The highest BCUT2D eigenvalue weighted by Gasteiger charge is 2.41. The van der Waals surface area contributed by atoms with Crippen LogP contribution < -0.4 is 0 Å². The first kappa shape index (κ1) is 10.0. The first-order valence-corrected chi connectivity index (χ1v) is 5.09. The lowest BCUT2D eigenvalue weighted by Crippen LogP contribution is -2.34. The molecule has 1 aliphatic carbocycles. The molecular weight excluding hydrogens is 150 g/mol. The van der Waals surface area contributed by atoms with Crippen LogP contribution in [0.5, 0.6) is 0 Å². The molecule has 1 aliphatic rings. The van der Waals surface area contributed by atoms with E-state index < -0.39 is 0 Å². The van der Waals surface area contributed by atoms with E-state index in [9.17, 15) is 0 Å². The molecule has 0 aromatic rings. The van der Waals surface area contributed by atoms with Gasteiger partial charge in [0.15, 0.2) is 0 Å². The number of nitrogens with zero attached hydrogens (tertiary/aromatic N) is 1. The maximum Gasteiger partial charge on any atom is 0.0462 e. The van der Waals surface area contributed by atoms with Crippen LogP contribution >= 0.6 is 0 Å².